The lowest BCUT2D eigenvalue weighted by Crippen LogP contribution is -2.30. The summed E-state index contributed by atoms with van der Waals surface area (Å²) in [6, 6.07) is 5.96. The molecular weight excluding hydrogens is 217 g/mol. The Morgan fingerprint density at radius 3 is 3.06 bits per heavy atom. The molecule has 0 radical (unpaired) electrons. The highest BCUT2D eigenvalue weighted by atomic mass is 19.1. The SMILES string of the molecule is O=C(CCC1CCCNC1)c1cccc(F)c1. The first-order chi connectivity index (χ1) is 8.25. The van der Waals surface area contributed by atoms with E-state index in [1.165, 1.54) is 25.0 Å². The van der Waals surface area contributed by atoms with Crippen LogP contribution in [0.25, 0.3) is 0 Å². The van der Waals surface area contributed by atoms with E-state index in [2.05, 4.69) is 5.32 Å². The van der Waals surface area contributed by atoms with Crippen molar-refractivity contribution in [2.45, 2.75) is 25.7 Å². The van der Waals surface area contributed by atoms with Crippen LogP contribution in [0.1, 0.15) is 36.0 Å². The number of rotatable bonds is 4. The van der Waals surface area contributed by atoms with Crippen LogP contribution < -0.4 is 5.32 Å². The topological polar surface area (TPSA) is 29.1 Å². The standard InChI is InChI=1S/C14H18FNO/c15-13-5-1-4-12(9-13)14(17)7-6-11-3-2-8-16-10-11/h1,4-5,9,11,16H,2-3,6-8,10H2. The van der Waals surface area contributed by atoms with Crippen LogP contribution in [-0.2, 0) is 0 Å². The van der Waals surface area contributed by atoms with Crippen molar-refractivity contribution < 1.29 is 9.18 Å². The lowest BCUT2D eigenvalue weighted by Gasteiger charge is -2.22. The number of halogens is 1. The van der Waals surface area contributed by atoms with Gasteiger partial charge < -0.3 is 5.32 Å². The molecule has 1 aromatic carbocycles. The molecule has 1 heterocycles. The molecule has 0 amide bonds. The average molecular weight is 235 g/mol. The van der Waals surface area contributed by atoms with Gasteiger partial charge in [-0.1, -0.05) is 12.1 Å². The van der Waals surface area contributed by atoms with Crippen LogP contribution in [0.3, 0.4) is 0 Å². The molecule has 1 aromatic rings. The average Bonchev–Trinajstić information content (AvgIpc) is 2.37. The first kappa shape index (κ1) is 12.2. The Morgan fingerprint density at radius 1 is 1.47 bits per heavy atom. The van der Waals surface area contributed by atoms with Crippen molar-refractivity contribution in [2.24, 2.45) is 5.92 Å². The highest BCUT2D eigenvalue weighted by Crippen LogP contribution is 2.17. The zero-order chi connectivity index (χ0) is 12.1. The summed E-state index contributed by atoms with van der Waals surface area (Å²) in [5.74, 6) is 0.312. The van der Waals surface area contributed by atoms with E-state index in [4.69, 9.17) is 0 Å². The maximum atomic E-state index is 13.0. The van der Waals surface area contributed by atoms with Crippen LogP contribution in [0.5, 0.6) is 0 Å². The van der Waals surface area contributed by atoms with Crippen molar-refractivity contribution in [1.29, 1.82) is 0 Å². The first-order valence-corrected chi connectivity index (χ1v) is 6.25. The van der Waals surface area contributed by atoms with E-state index >= 15 is 0 Å². The number of carbonyl (C=O) groups excluding carboxylic acids is 1. The molecule has 3 heteroatoms. The number of nitrogens with one attached hydrogen (secondary N) is 1. The monoisotopic (exact) mass is 235 g/mol. The van der Waals surface area contributed by atoms with Gasteiger partial charge in [-0.2, -0.15) is 0 Å². The van der Waals surface area contributed by atoms with Crippen molar-refractivity contribution in [3.05, 3.63) is 35.6 Å². The molecule has 0 bridgehead atoms. The van der Waals surface area contributed by atoms with Crippen molar-refractivity contribution in [2.75, 3.05) is 13.1 Å². The molecule has 0 aromatic heterocycles. The minimum absolute atomic E-state index is 0.0510. The molecular formula is C14H18FNO. The maximum absolute atomic E-state index is 13.0. The fraction of sp³-hybridized carbons (Fsp3) is 0.500. The molecule has 1 aliphatic heterocycles. The molecule has 1 saturated heterocycles. The normalized spacial score (nSPS) is 20.2. The Morgan fingerprint density at radius 2 is 2.35 bits per heavy atom. The van der Waals surface area contributed by atoms with Gasteiger partial charge in [0.05, 0.1) is 0 Å². The van der Waals surface area contributed by atoms with Crippen molar-refractivity contribution >= 4 is 5.78 Å². The van der Waals surface area contributed by atoms with E-state index in [-0.39, 0.29) is 11.6 Å². The molecule has 1 fully saturated rings. The summed E-state index contributed by atoms with van der Waals surface area (Å²) < 4.78 is 13.0. The van der Waals surface area contributed by atoms with Crippen molar-refractivity contribution in [1.82, 2.24) is 5.32 Å². The molecule has 1 N–H and O–H groups in total. The molecule has 2 nitrogen and oxygen atoms in total. The van der Waals surface area contributed by atoms with Gasteiger partial charge in [0.25, 0.3) is 0 Å². The quantitative estimate of drug-likeness (QED) is 0.813. The van der Waals surface area contributed by atoms with Crippen LogP contribution in [-0.4, -0.2) is 18.9 Å². The summed E-state index contributed by atoms with van der Waals surface area (Å²) in [5, 5.41) is 3.34. The van der Waals surface area contributed by atoms with E-state index in [1.54, 1.807) is 12.1 Å². The van der Waals surface area contributed by atoms with Crippen LogP contribution in [0.15, 0.2) is 24.3 Å². The predicted molar refractivity (Wildman–Crippen MR) is 65.6 cm³/mol. The smallest absolute Gasteiger partial charge is 0.162 e. The van der Waals surface area contributed by atoms with Gasteiger partial charge in [0.2, 0.25) is 0 Å². The first-order valence-electron chi connectivity index (χ1n) is 6.25. The molecule has 17 heavy (non-hydrogen) atoms. The Labute approximate surface area is 101 Å². The van der Waals surface area contributed by atoms with E-state index in [0.717, 1.165) is 19.5 Å². The maximum Gasteiger partial charge on any atom is 0.162 e. The third-order valence-electron chi connectivity index (χ3n) is 3.33. The number of carbonyl (C=O) groups is 1. The number of hydrogen-bond donors (Lipinski definition) is 1. The molecule has 0 aliphatic carbocycles. The van der Waals surface area contributed by atoms with Gasteiger partial charge in [-0.15, -0.1) is 0 Å². The van der Waals surface area contributed by atoms with Crippen molar-refractivity contribution in [3.8, 4) is 0 Å². The highest BCUT2D eigenvalue weighted by molar-refractivity contribution is 5.95. The van der Waals surface area contributed by atoms with Gasteiger partial charge in [-0.3, -0.25) is 4.79 Å². The number of piperidine rings is 1. The Kier molecular flexibility index (Phi) is 4.26. The fourth-order valence-corrected chi connectivity index (χ4v) is 2.31. The summed E-state index contributed by atoms with van der Waals surface area (Å²) in [6.07, 6.45) is 3.82. The number of ketones is 1. The summed E-state index contributed by atoms with van der Waals surface area (Å²) in [7, 11) is 0. The minimum atomic E-state index is -0.338. The van der Waals surface area contributed by atoms with Gasteiger partial charge >= 0.3 is 0 Å². The zero-order valence-corrected chi connectivity index (χ0v) is 9.92. The highest BCUT2D eigenvalue weighted by Gasteiger charge is 2.15. The number of benzene rings is 1. The molecule has 1 aliphatic rings. The summed E-state index contributed by atoms with van der Waals surface area (Å²) in [5.41, 5.74) is 0.494. The van der Waals surface area contributed by atoms with Crippen LogP contribution in [0.4, 0.5) is 4.39 Å². The van der Waals surface area contributed by atoms with Gasteiger partial charge in [-0.05, 0) is 50.4 Å². The fourth-order valence-electron chi connectivity index (χ4n) is 2.31. The molecule has 0 saturated carbocycles. The lowest BCUT2D eigenvalue weighted by atomic mass is 9.92. The second-order valence-corrected chi connectivity index (χ2v) is 4.68. The summed E-state index contributed by atoms with van der Waals surface area (Å²) in [6.45, 7) is 2.10. The lowest BCUT2D eigenvalue weighted by molar-refractivity contribution is 0.0971. The summed E-state index contributed by atoms with van der Waals surface area (Å²) >= 11 is 0. The summed E-state index contributed by atoms with van der Waals surface area (Å²) in [4.78, 5) is 11.9. The molecule has 0 spiro atoms. The van der Waals surface area contributed by atoms with Gasteiger partial charge in [-0.25, -0.2) is 4.39 Å². The number of Topliss-reactive ketones (excluding diaryl/α,β-unsaturated/α-hetero) is 1. The van der Waals surface area contributed by atoms with Gasteiger partial charge in [0.15, 0.2) is 5.78 Å². The second-order valence-electron chi connectivity index (χ2n) is 4.68. The third kappa shape index (κ3) is 3.63. The van der Waals surface area contributed by atoms with E-state index in [1.807, 2.05) is 0 Å². The van der Waals surface area contributed by atoms with Crippen LogP contribution in [0, 0.1) is 11.7 Å². The zero-order valence-electron chi connectivity index (χ0n) is 9.92. The van der Waals surface area contributed by atoms with Crippen LogP contribution >= 0.6 is 0 Å². The molecule has 92 valence electrons. The molecule has 1 atom stereocenters. The van der Waals surface area contributed by atoms with Crippen LogP contribution in [0.2, 0.25) is 0 Å². The number of hydrogen-bond acceptors (Lipinski definition) is 2. The Balaban J connectivity index is 1.84. The molecule has 2 rings (SSSR count). The Bertz CT molecular complexity index is 386. The second kappa shape index (κ2) is 5.92. The Hall–Kier alpha value is -1.22. The van der Waals surface area contributed by atoms with Gasteiger partial charge in [0, 0.05) is 12.0 Å². The van der Waals surface area contributed by atoms with E-state index in [0.29, 0.717) is 17.9 Å². The predicted octanol–water partition coefficient (Wildman–Crippen LogP) is 2.79. The van der Waals surface area contributed by atoms with E-state index in [9.17, 15) is 9.18 Å². The third-order valence-corrected chi connectivity index (χ3v) is 3.33. The van der Waals surface area contributed by atoms with Gasteiger partial charge in [0.1, 0.15) is 5.82 Å². The van der Waals surface area contributed by atoms with E-state index < -0.39 is 0 Å². The van der Waals surface area contributed by atoms with Crippen molar-refractivity contribution in [3.63, 3.8) is 0 Å². The minimum Gasteiger partial charge on any atom is -0.316 e. The molecule has 1 unspecified atom stereocenters. The largest absolute Gasteiger partial charge is 0.316 e.